The molecule has 0 saturated carbocycles. The molecule has 0 amide bonds. The Kier molecular flexibility index (Phi) is 7.45. The van der Waals surface area contributed by atoms with Crippen LogP contribution in [0.2, 0.25) is 0 Å². The number of nitrogens with one attached hydrogen (secondary N) is 1. The molecule has 1 aromatic rings. The van der Waals surface area contributed by atoms with Crippen molar-refractivity contribution in [3.63, 3.8) is 0 Å². The van der Waals surface area contributed by atoms with Crippen LogP contribution in [0, 0.1) is 5.82 Å². The third kappa shape index (κ3) is 6.03. The van der Waals surface area contributed by atoms with Crippen LogP contribution in [0.4, 0.5) is 4.39 Å². The average Bonchev–Trinajstić information content (AvgIpc) is 2.38. The molecule has 0 radical (unpaired) electrons. The Morgan fingerprint density at radius 2 is 2.16 bits per heavy atom. The summed E-state index contributed by atoms with van der Waals surface area (Å²) in [5.41, 5.74) is 0.907. The number of rotatable bonds is 9. The van der Waals surface area contributed by atoms with Crippen molar-refractivity contribution in [2.75, 3.05) is 20.3 Å². The van der Waals surface area contributed by atoms with E-state index < -0.39 is 0 Å². The Labute approximate surface area is 115 Å². The molecule has 4 heteroatoms. The van der Waals surface area contributed by atoms with Crippen molar-refractivity contribution in [3.05, 3.63) is 29.6 Å². The molecule has 1 rings (SSSR count). The third-order valence-electron chi connectivity index (χ3n) is 2.83. The summed E-state index contributed by atoms with van der Waals surface area (Å²) in [5.74, 6) is 0.0376. The van der Waals surface area contributed by atoms with E-state index in [0.29, 0.717) is 18.9 Å². The second-order valence-corrected chi connectivity index (χ2v) is 4.65. The summed E-state index contributed by atoms with van der Waals surface area (Å²) in [4.78, 5) is 0. The molecule has 1 N–H and O–H groups in total. The molecule has 0 aromatic heterocycles. The second kappa shape index (κ2) is 8.88. The van der Waals surface area contributed by atoms with Crippen LogP contribution >= 0.6 is 0 Å². The molecule has 0 fully saturated rings. The lowest BCUT2D eigenvalue weighted by atomic mass is 10.2. The zero-order valence-electron chi connectivity index (χ0n) is 12.0. The molecule has 0 spiro atoms. The van der Waals surface area contributed by atoms with Gasteiger partial charge in [-0.2, -0.15) is 0 Å². The minimum Gasteiger partial charge on any atom is -0.488 e. The lowest BCUT2D eigenvalue weighted by molar-refractivity contribution is 0.198. The summed E-state index contributed by atoms with van der Waals surface area (Å²) in [6.45, 7) is 6.08. The van der Waals surface area contributed by atoms with E-state index in [9.17, 15) is 4.39 Å². The summed E-state index contributed by atoms with van der Waals surface area (Å²) < 4.78 is 24.3. The van der Waals surface area contributed by atoms with Gasteiger partial charge < -0.3 is 14.8 Å². The topological polar surface area (TPSA) is 30.5 Å². The molecule has 3 nitrogen and oxygen atoms in total. The normalized spacial score (nSPS) is 12.4. The van der Waals surface area contributed by atoms with Gasteiger partial charge in [-0.25, -0.2) is 4.39 Å². The first kappa shape index (κ1) is 15.9. The number of halogens is 1. The maximum atomic E-state index is 13.8. The quantitative estimate of drug-likeness (QED) is 0.699. The first-order valence-corrected chi connectivity index (χ1v) is 6.82. The zero-order valence-corrected chi connectivity index (χ0v) is 12.0. The summed E-state index contributed by atoms with van der Waals surface area (Å²) in [6, 6.07) is 5.11. The number of hydrogen-bond acceptors (Lipinski definition) is 3. The van der Waals surface area contributed by atoms with Crippen molar-refractivity contribution in [2.45, 2.75) is 39.3 Å². The summed E-state index contributed by atoms with van der Waals surface area (Å²) in [6.07, 6.45) is 2.01. The Bertz CT molecular complexity index is 371. The SMILES string of the molecule is CCCC(C)Oc1ccc(CNCCOC)cc1F. The first-order chi connectivity index (χ1) is 9.17. The highest BCUT2D eigenvalue weighted by Gasteiger charge is 2.08. The highest BCUT2D eigenvalue weighted by atomic mass is 19.1. The van der Waals surface area contributed by atoms with Gasteiger partial charge in [0.05, 0.1) is 12.7 Å². The first-order valence-electron chi connectivity index (χ1n) is 6.82. The molecule has 0 heterocycles. The average molecular weight is 269 g/mol. The standard InChI is InChI=1S/C15H24FNO2/c1-4-5-12(2)19-15-7-6-13(10-14(15)16)11-17-8-9-18-3/h6-7,10,12,17H,4-5,8-9,11H2,1-3H3. The highest BCUT2D eigenvalue weighted by molar-refractivity contribution is 5.29. The molecule has 0 aliphatic rings. The summed E-state index contributed by atoms with van der Waals surface area (Å²) in [5, 5.41) is 3.18. The minimum absolute atomic E-state index is 0.0465. The van der Waals surface area contributed by atoms with Crippen LogP contribution in [-0.2, 0) is 11.3 Å². The number of benzene rings is 1. The van der Waals surface area contributed by atoms with Gasteiger partial charge in [0.15, 0.2) is 11.6 Å². The van der Waals surface area contributed by atoms with E-state index >= 15 is 0 Å². The van der Waals surface area contributed by atoms with Gasteiger partial charge in [-0.1, -0.05) is 19.4 Å². The maximum Gasteiger partial charge on any atom is 0.165 e. The van der Waals surface area contributed by atoms with Crippen LogP contribution < -0.4 is 10.1 Å². The molecule has 0 bridgehead atoms. The Morgan fingerprint density at radius 3 is 2.79 bits per heavy atom. The fourth-order valence-corrected chi connectivity index (χ4v) is 1.84. The molecule has 1 aromatic carbocycles. The Morgan fingerprint density at radius 1 is 1.37 bits per heavy atom. The smallest absolute Gasteiger partial charge is 0.165 e. The van der Waals surface area contributed by atoms with Gasteiger partial charge in [-0.05, 0) is 31.0 Å². The lowest BCUT2D eigenvalue weighted by Gasteiger charge is -2.15. The van der Waals surface area contributed by atoms with E-state index in [0.717, 1.165) is 24.9 Å². The molecular weight excluding hydrogens is 245 g/mol. The largest absolute Gasteiger partial charge is 0.488 e. The van der Waals surface area contributed by atoms with Crippen molar-refractivity contribution >= 4 is 0 Å². The predicted octanol–water partition coefficient (Wildman–Crippen LogP) is 3.13. The Balaban J connectivity index is 2.49. The fourth-order valence-electron chi connectivity index (χ4n) is 1.84. The molecule has 0 aliphatic carbocycles. The number of methoxy groups -OCH3 is 1. The molecular formula is C15H24FNO2. The third-order valence-corrected chi connectivity index (χ3v) is 2.83. The minimum atomic E-state index is -0.297. The van der Waals surface area contributed by atoms with Crippen molar-refractivity contribution < 1.29 is 13.9 Å². The zero-order chi connectivity index (χ0) is 14.1. The van der Waals surface area contributed by atoms with E-state index in [1.54, 1.807) is 13.2 Å². The number of hydrogen-bond donors (Lipinski definition) is 1. The highest BCUT2D eigenvalue weighted by Crippen LogP contribution is 2.20. The molecule has 0 saturated heterocycles. The van der Waals surface area contributed by atoms with Gasteiger partial charge in [-0.15, -0.1) is 0 Å². The molecule has 19 heavy (non-hydrogen) atoms. The predicted molar refractivity (Wildman–Crippen MR) is 75.0 cm³/mol. The van der Waals surface area contributed by atoms with E-state index in [1.807, 2.05) is 13.0 Å². The van der Waals surface area contributed by atoms with E-state index in [2.05, 4.69) is 12.2 Å². The van der Waals surface area contributed by atoms with Crippen LogP contribution in [0.3, 0.4) is 0 Å². The van der Waals surface area contributed by atoms with Gasteiger partial charge >= 0.3 is 0 Å². The van der Waals surface area contributed by atoms with Crippen LogP contribution in [0.15, 0.2) is 18.2 Å². The molecule has 0 aliphatic heterocycles. The van der Waals surface area contributed by atoms with Gasteiger partial charge in [0.25, 0.3) is 0 Å². The second-order valence-electron chi connectivity index (χ2n) is 4.65. The van der Waals surface area contributed by atoms with Gasteiger partial charge in [0.2, 0.25) is 0 Å². The fraction of sp³-hybridized carbons (Fsp3) is 0.600. The van der Waals surface area contributed by atoms with Crippen LogP contribution in [0.25, 0.3) is 0 Å². The summed E-state index contributed by atoms with van der Waals surface area (Å²) >= 11 is 0. The van der Waals surface area contributed by atoms with E-state index in [4.69, 9.17) is 9.47 Å². The maximum absolute atomic E-state index is 13.8. The van der Waals surface area contributed by atoms with Crippen molar-refractivity contribution in [2.24, 2.45) is 0 Å². The van der Waals surface area contributed by atoms with E-state index in [1.165, 1.54) is 6.07 Å². The van der Waals surface area contributed by atoms with Gasteiger partial charge in [0, 0.05) is 20.2 Å². The van der Waals surface area contributed by atoms with Crippen molar-refractivity contribution in [3.8, 4) is 5.75 Å². The van der Waals surface area contributed by atoms with Gasteiger partial charge in [-0.3, -0.25) is 0 Å². The van der Waals surface area contributed by atoms with Crippen molar-refractivity contribution in [1.82, 2.24) is 5.32 Å². The molecule has 1 atom stereocenters. The molecule has 1 unspecified atom stereocenters. The monoisotopic (exact) mass is 269 g/mol. The van der Waals surface area contributed by atoms with Crippen LogP contribution in [0.5, 0.6) is 5.75 Å². The lowest BCUT2D eigenvalue weighted by Crippen LogP contribution is -2.18. The Hall–Kier alpha value is -1.13. The van der Waals surface area contributed by atoms with Crippen LogP contribution in [-0.4, -0.2) is 26.4 Å². The van der Waals surface area contributed by atoms with E-state index in [-0.39, 0.29) is 11.9 Å². The van der Waals surface area contributed by atoms with Gasteiger partial charge in [0.1, 0.15) is 0 Å². The molecule has 108 valence electrons. The van der Waals surface area contributed by atoms with Crippen molar-refractivity contribution in [1.29, 1.82) is 0 Å². The van der Waals surface area contributed by atoms with Crippen LogP contribution in [0.1, 0.15) is 32.3 Å². The number of ether oxygens (including phenoxy) is 2. The summed E-state index contributed by atoms with van der Waals surface area (Å²) in [7, 11) is 1.66.